The number of ketones is 1. The molecule has 0 spiro atoms. The van der Waals surface area contributed by atoms with Crippen LogP contribution >= 0.6 is 0 Å². The van der Waals surface area contributed by atoms with Crippen LogP contribution in [0.4, 0.5) is 0 Å². The minimum Gasteiger partial charge on any atom is -0.490 e. The highest BCUT2D eigenvalue weighted by Crippen LogP contribution is 2.30. The van der Waals surface area contributed by atoms with Gasteiger partial charge < -0.3 is 10.1 Å². The average Bonchev–Trinajstić information content (AvgIpc) is 2.78. The summed E-state index contributed by atoms with van der Waals surface area (Å²) in [6.07, 6.45) is 4.43. The van der Waals surface area contributed by atoms with Crippen LogP contribution in [0.5, 0.6) is 5.75 Å². The summed E-state index contributed by atoms with van der Waals surface area (Å²) in [6.45, 7) is 3.02. The summed E-state index contributed by atoms with van der Waals surface area (Å²) in [4.78, 5) is 12.4. The molecule has 0 amide bonds. The number of benzene rings is 1. The third-order valence-electron chi connectivity index (χ3n) is 3.81. The normalized spacial score (nSPS) is 26.5. The van der Waals surface area contributed by atoms with Gasteiger partial charge in [-0.1, -0.05) is 6.42 Å². The van der Waals surface area contributed by atoms with Crippen LogP contribution in [0.25, 0.3) is 0 Å². The van der Waals surface area contributed by atoms with E-state index in [9.17, 15) is 4.79 Å². The van der Waals surface area contributed by atoms with Crippen molar-refractivity contribution in [3.05, 3.63) is 29.3 Å². The smallest absolute Gasteiger partial charge is 0.179 e. The van der Waals surface area contributed by atoms with E-state index in [4.69, 9.17) is 4.74 Å². The molecule has 0 radical (unpaired) electrons. The zero-order chi connectivity index (χ0) is 12.5. The number of piperidine rings is 1. The molecule has 0 aliphatic carbocycles. The fourth-order valence-corrected chi connectivity index (χ4v) is 2.85. The van der Waals surface area contributed by atoms with Crippen LogP contribution in [0, 0.1) is 0 Å². The van der Waals surface area contributed by atoms with Crippen LogP contribution in [0.2, 0.25) is 0 Å². The number of hydrogen-bond acceptors (Lipinski definition) is 3. The fraction of sp³-hybridized carbons (Fsp3) is 0.533. The van der Waals surface area contributed by atoms with Crippen molar-refractivity contribution in [2.45, 2.75) is 44.8 Å². The van der Waals surface area contributed by atoms with E-state index in [0.29, 0.717) is 0 Å². The van der Waals surface area contributed by atoms with Crippen molar-refractivity contribution in [3.8, 4) is 5.75 Å². The molecular formula is C15H19NO2. The highest BCUT2D eigenvalue weighted by atomic mass is 16.5. The van der Waals surface area contributed by atoms with Crippen molar-refractivity contribution in [2.75, 3.05) is 6.54 Å². The highest BCUT2D eigenvalue weighted by molar-refractivity contribution is 6.00. The highest BCUT2D eigenvalue weighted by Gasteiger charge is 2.24. The van der Waals surface area contributed by atoms with E-state index in [0.717, 1.165) is 37.1 Å². The molecule has 3 nitrogen and oxygen atoms in total. The lowest BCUT2D eigenvalue weighted by Crippen LogP contribution is -2.40. The predicted octanol–water partition coefficient (Wildman–Crippen LogP) is 2.33. The molecule has 18 heavy (non-hydrogen) atoms. The lowest BCUT2D eigenvalue weighted by atomic mass is 9.95. The standard InChI is InChI=1S/C15H19NO2/c1-10-8-12-9-11(5-6-14(12)18-10)15(17)13-4-2-3-7-16-13/h5-6,9-10,13,16H,2-4,7-8H2,1H3. The third kappa shape index (κ3) is 2.15. The van der Waals surface area contributed by atoms with Crippen molar-refractivity contribution in [2.24, 2.45) is 0 Å². The van der Waals surface area contributed by atoms with Crippen molar-refractivity contribution >= 4 is 5.78 Å². The van der Waals surface area contributed by atoms with Gasteiger partial charge in [-0.25, -0.2) is 0 Å². The van der Waals surface area contributed by atoms with Gasteiger partial charge in [0.25, 0.3) is 0 Å². The number of rotatable bonds is 2. The summed E-state index contributed by atoms with van der Waals surface area (Å²) in [5, 5.41) is 3.31. The molecule has 0 saturated carbocycles. The molecule has 1 saturated heterocycles. The SMILES string of the molecule is CC1Cc2cc(C(=O)C3CCCCN3)ccc2O1. The summed E-state index contributed by atoms with van der Waals surface area (Å²) in [5.74, 6) is 1.17. The first-order chi connectivity index (χ1) is 8.74. The molecule has 0 aromatic heterocycles. The van der Waals surface area contributed by atoms with Crippen LogP contribution in [0.3, 0.4) is 0 Å². The maximum absolute atomic E-state index is 12.4. The molecule has 2 aliphatic heterocycles. The number of fused-ring (bicyclic) bond motifs is 1. The average molecular weight is 245 g/mol. The van der Waals surface area contributed by atoms with E-state index < -0.39 is 0 Å². The first-order valence-electron chi connectivity index (χ1n) is 6.81. The second-order valence-electron chi connectivity index (χ2n) is 5.32. The zero-order valence-electron chi connectivity index (χ0n) is 10.7. The molecule has 1 aromatic rings. The summed E-state index contributed by atoms with van der Waals surface area (Å²) in [6, 6.07) is 5.86. The van der Waals surface area contributed by atoms with E-state index in [1.54, 1.807) is 0 Å². The lowest BCUT2D eigenvalue weighted by molar-refractivity contribution is 0.0927. The monoisotopic (exact) mass is 245 g/mol. The molecule has 96 valence electrons. The molecular weight excluding hydrogens is 226 g/mol. The van der Waals surface area contributed by atoms with Crippen molar-refractivity contribution in [3.63, 3.8) is 0 Å². The Labute approximate surface area is 108 Å². The lowest BCUT2D eigenvalue weighted by Gasteiger charge is -2.22. The molecule has 0 bridgehead atoms. The Morgan fingerprint density at radius 2 is 2.28 bits per heavy atom. The number of Topliss-reactive ketones (excluding diaryl/α,β-unsaturated/α-hetero) is 1. The van der Waals surface area contributed by atoms with Crippen molar-refractivity contribution < 1.29 is 9.53 Å². The first-order valence-corrected chi connectivity index (χ1v) is 6.81. The number of hydrogen-bond donors (Lipinski definition) is 1. The Bertz CT molecular complexity index is 464. The zero-order valence-corrected chi connectivity index (χ0v) is 10.7. The van der Waals surface area contributed by atoms with E-state index in [2.05, 4.69) is 12.2 Å². The minimum absolute atomic E-state index is 0.0107. The van der Waals surface area contributed by atoms with E-state index in [-0.39, 0.29) is 17.9 Å². The Hall–Kier alpha value is -1.35. The van der Waals surface area contributed by atoms with Crippen LogP contribution < -0.4 is 10.1 Å². The molecule has 1 fully saturated rings. The van der Waals surface area contributed by atoms with E-state index in [1.165, 1.54) is 12.0 Å². The van der Waals surface area contributed by atoms with Gasteiger partial charge in [0.05, 0.1) is 6.04 Å². The second kappa shape index (κ2) is 4.73. The molecule has 1 aromatic carbocycles. The maximum atomic E-state index is 12.4. The topological polar surface area (TPSA) is 38.3 Å². The van der Waals surface area contributed by atoms with Crippen molar-refractivity contribution in [1.82, 2.24) is 5.32 Å². The van der Waals surface area contributed by atoms with Gasteiger partial charge in [0.1, 0.15) is 11.9 Å². The van der Waals surface area contributed by atoms with Crippen molar-refractivity contribution in [1.29, 1.82) is 0 Å². The van der Waals surface area contributed by atoms with Crippen LogP contribution in [-0.2, 0) is 6.42 Å². The van der Waals surface area contributed by atoms with E-state index in [1.807, 2.05) is 18.2 Å². The number of nitrogens with one attached hydrogen (secondary N) is 1. The second-order valence-corrected chi connectivity index (χ2v) is 5.32. The summed E-state index contributed by atoms with van der Waals surface area (Å²) in [5.41, 5.74) is 2.00. The molecule has 3 heteroatoms. The van der Waals surface area contributed by atoms with Gasteiger partial charge in [-0.3, -0.25) is 4.79 Å². The van der Waals surface area contributed by atoms with Gasteiger partial charge in [-0.05, 0) is 50.1 Å². The van der Waals surface area contributed by atoms with E-state index >= 15 is 0 Å². The van der Waals surface area contributed by atoms with Gasteiger partial charge in [-0.15, -0.1) is 0 Å². The van der Waals surface area contributed by atoms with Gasteiger partial charge >= 0.3 is 0 Å². The van der Waals surface area contributed by atoms with Crippen LogP contribution in [0.1, 0.15) is 42.1 Å². The molecule has 2 unspecified atom stereocenters. The molecule has 1 N–H and O–H groups in total. The summed E-state index contributed by atoms with van der Waals surface area (Å²) in [7, 11) is 0. The Kier molecular flexibility index (Phi) is 3.08. The molecule has 2 heterocycles. The molecule has 2 aliphatic rings. The largest absolute Gasteiger partial charge is 0.490 e. The minimum atomic E-state index is 0.0107. The summed E-state index contributed by atoms with van der Waals surface area (Å²) < 4.78 is 5.66. The predicted molar refractivity (Wildman–Crippen MR) is 70.2 cm³/mol. The molecule has 2 atom stereocenters. The Morgan fingerprint density at radius 3 is 3.06 bits per heavy atom. The third-order valence-corrected chi connectivity index (χ3v) is 3.81. The summed E-state index contributed by atoms with van der Waals surface area (Å²) >= 11 is 0. The number of carbonyl (C=O) groups is 1. The number of ether oxygens (including phenoxy) is 1. The van der Waals surface area contributed by atoms with Gasteiger partial charge in [0.2, 0.25) is 0 Å². The number of carbonyl (C=O) groups excluding carboxylic acids is 1. The Balaban J connectivity index is 1.80. The Morgan fingerprint density at radius 1 is 1.39 bits per heavy atom. The van der Waals surface area contributed by atoms with Gasteiger partial charge in [0, 0.05) is 12.0 Å². The van der Waals surface area contributed by atoms with Crippen LogP contribution in [-0.4, -0.2) is 24.5 Å². The van der Waals surface area contributed by atoms with Gasteiger partial charge in [0.15, 0.2) is 5.78 Å². The quantitative estimate of drug-likeness (QED) is 0.813. The first kappa shape index (κ1) is 11.7. The fourth-order valence-electron chi connectivity index (χ4n) is 2.85. The van der Waals surface area contributed by atoms with Gasteiger partial charge in [-0.2, -0.15) is 0 Å². The van der Waals surface area contributed by atoms with Crippen LogP contribution in [0.15, 0.2) is 18.2 Å². The molecule has 3 rings (SSSR count). The maximum Gasteiger partial charge on any atom is 0.179 e.